The van der Waals surface area contributed by atoms with Gasteiger partial charge in [-0.15, -0.1) is 0 Å². The monoisotopic (exact) mass is 519 g/mol. The number of imide groups is 1. The van der Waals surface area contributed by atoms with Gasteiger partial charge in [0.1, 0.15) is 6.54 Å². The van der Waals surface area contributed by atoms with Crippen LogP contribution in [0.25, 0.3) is 6.08 Å². The minimum atomic E-state index is -0.602. The number of methoxy groups -OCH3 is 1. The van der Waals surface area contributed by atoms with Crippen molar-refractivity contribution in [3.8, 4) is 11.5 Å². The predicted molar refractivity (Wildman–Crippen MR) is 115 cm³/mol. The Kier molecular flexibility index (Phi) is 8.17. The van der Waals surface area contributed by atoms with Crippen LogP contribution in [0.5, 0.6) is 11.5 Å². The number of nitrogens with zero attached hydrogens (tertiary/aromatic N) is 1. The minimum absolute atomic E-state index is 0.177. The van der Waals surface area contributed by atoms with E-state index >= 15 is 0 Å². The first kappa shape index (κ1) is 22.5. The van der Waals surface area contributed by atoms with Gasteiger partial charge in [0.25, 0.3) is 11.1 Å². The van der Waals surface area contributed by atoms with Crippen LogP contribution in [0.4, 0.5) is 4.79 Å². The molecule has 0 N–H and O–H groups in total. The normalized spacial score (nSPS) is 15.5. The fourth-order valence-corrected chi connectivity index (χ4v) is 4.04. The highest BCUT2D eigenvalue weighted by Gasteiger charge is 2.36. The molecule has 0 bridgehead atoms. The molecule has 152 valence electrons. The van der Waals surface area contributed by atoms with Crippen LogP contribution in [0.15, 0.2) is 17.0 Å². The second kappa shape index (κ2) is 10.1. The summed E-state index contributed by atoms with van der Waals surface area (Å²) in [5, 5.41) is -0.494. The standard InChI is InChI=1S/C19H22INO6S/c1-5-26-14-7-12(6-13(20)17(14)25-4)8-15-18(23)21(19(24)28-15)9-16(22)27-10-11(2)3/h6-8,11H,5,9-10H2,1-4H3/b15-8+. The van der Waals surface area contributed by atoms with E-state index in [2.05, 4.69) is 22.6 Å². The fraction of sp³-hybridized carbons (Fsp3) is 0.421. The summed E-state index contributed by atoms with van der Waals surface area (Å²) in [5.41, 5.74) is 0.696. The van der Waals surface area contributed by atoms with Crippen LogP contribution in [-0.2, 0) is 14.3 Å². The van der Waals surface area contributed by atoms with Crippen molar-refractivity contribution in [2.75, 3.05) is 26.9 Å². The largest absolute Gasteiger partial charge is 0.492 e. The molecular weight excluding hydrogens is 497 g/mol. The Bertz CT molecular complexity index is 808. The summed E-state index contributed by atoms with van der Waals surface area (Å²) in [6, 6.07) is 3.57. The maximum atomic E-state index is 12.6. The number of halogens is 1. The number of hydrogen-bond acceptors (Lipinski definition) is 7. The topological polar surface area (TPSA) is 82.1 Å². The van der Waals surface area contributed by atoms with E-state index in [9.17, 15) is 14.4 Å². The van der Waals surface area contributed by atoms with Gasteiger partial charge in [-0.25, -0.2) is 0 Å². The molecule has 1 aliphatic rings. The van der Waals surface area contributed by atoms with Crippen molar-refractivity contribution in [3.63, 3.8) is 0 Å². The quantitative estimate of drug-likeness (QED) is 0.293. The summed E-state index contributed by atoms with van der Waals surface area (Å²) < 4.78 is 16.8. The van der Waals surface area contributed by atoms with Gasteiger partial charge < -0.3 is 14.2 Å². The van der Waals surface area contributed by atoms with Crippen LogP contribution < -0.4 is 9.47 Å². The van der Waals surface area contributed by atoms with Gasteiger partial charge >= 0.3 is 5.97 Å². The zero-order chi connectivity index (χ0) is 20.8. The molecule has 0 unspecified atom stereocenters. The molecule has 1 saturated heterocycles. The molecule has 1 aliphatic heterocycles. The highest BCUT2D eigenvalue weighted by molar-refractivity contribution is 14.1. The van der Waals surface area contributed by atoms with Crippen molar-refractivity contribution in [1.82, 2.24) is 4.90 Å². The molecule has 1 fully saturated rings. The lowest BCUT2D eigenvalue weighted by atomic mass is 10.2. The molecule has 0 spiro atoms. The Morgan fingerprint density at radius 3 is 2.64 bits per heavy atom. The Labute approximate surface area is 181 Å². The zero-order valence-corrected chi connectivity index (χ0v) is 19.1. The summed E-state index contributed by atoms with van der Waals surface area (Å²) in [7, 11) is 1.56. The van der Waals surface area contributed by atoms with Gasteiger partial charge in [0.2, 0.25) is 0 Å². The molecule has 1 heterocycles. The Hall–Kier alpha value is -1.75. The van der Waals surface area contributed by atoms with Gasteiger partial charge in [0.15, 0.2) is 11.5 Å². The highest BCUT2D eigenvalue weighted by atomic mass is 127. The van der Waals surface area contributed by atoms with Crippen molar-refractivity contribution in [1.29, 1.82) is 0 Å². The molecule has 9 heteroatoms. The van der Waals surface area contributed by atoms with E-state index in [-0.39, 0.29) is 24.0 Å². The summed E-state index contributed by atoms with van der Waals surface area (Å²) in [6.07, 6.45) is 1.61. The van der Waals surface area contributed by atoms with Gasteiger partial charge in [0.05, 0.1) is 28.8 Å². The Morgan fingerprint density at radius 1 is 1.32 bits per heavy atom. The summed E-state index contributed by atoms with van der Waals surface area (Å²) in [6.45, 7) is 5.99. The number of rotatable bonds is 8. The molecule has 2 amide bonds. The van der Waals surface area contributed by atoms with E-state index < -0.39 is 17.1 Å². The first-order valence-electron chi connectivity index (χ1n) is 8.68. The van der Waals surface area contributed by atoms with Gasteiger partial charge in [-0.3, -0.25) is 19.3 Å². The number of hydrogen-bond donors (Lipinski definition) is 0. The first-order valence-corrected chi connectivity index (χ1v) is 10.6. The fourth-order valence-electron chi connectivity index (χ4n) is 2.35. The molecule has 1 aromatic rings. The van der Waals surface area contributed by atoms with E-state index in [1.807, 2.05) is 26.8 Å². The number of carbonyl (C=O) groups is 3. The van der Waals surface area contributed by atoms with Crippen LogP contribution in [0.2, 0.25) is 0 Å². The van der Waals surface area contributed by atoms with Gasteiger partial charge in [0, 0.05) is 0 Å². The number of benzene rings is 1. The molecular formula is C19H22INO6S. The molecule has 0 radical (unpaired) electrons. The van der Waals surface area contributed by atoms with E-state index in [1.165, 1.54) is 0 Å². The number of carbonyl (C=O) groups excluding carboxylic acids is 3. The predicted octanol–water partition coefficient (Wildman–Crippen LogP) is 3.93. The van der Waals surface area contributed by atoms with Gasteiger partial charge in [-0.1, -0.05) is 13.8 Å². The van der Waals surface area contributed by atoms with Crippen LogP contribution in [0.3, 0.4) is 0 Å². The summed E-state index contributed by atoms with van der Waals surface area (Å²) in [5.74, 6) is 0.228. The van der Waals surface area contributed by atoms with Crippen LogP contribution in [0, 0.1) is 9.49 Å². The third-order valence-corrected chi connectivity index (χ3v) is 5.28. The van der Waals surface area contributed by atoms with E-state index in [0.29, 0.717) is 23.7 Å². The third kappa shape index (κ3) is 5.63. The lowest BCUT2D eigenvalue weighted by Crippen LogP contribution is -2.34. The SMILES string of the molecule is CCOc1cc(/C=C2/SC(=O)N(CC(=O)OCC(C)C)C2=O)cc(I)c1OC. The van der Waals surface area contributed by atoms with Crippen molar-refractivity contribution < 1.29 is 28.6 Å². The van der Waals surface area contributed by atoms with Crippen molar-refractivity contribution in [3.05, 3.63) is 26.2 Å². The number of thioether (sulfide) groups is 1. The molecule has 1 aromatic carbocycles. The molecule has 0 aliphatic carbocycles. The van der Waals surface area contributed by atoms with Crippen molar-refractivity contribution >= 4 is 57.5 Å². The maximum Gasteiger partial charge on any atom is 0.326 e. The minimum Gasteiger partial charge on any atom is -0.492 e. The lowest BCUT2D eigenvalue weighted by Gasteiger charge is -2.13. The second-order valence-corrected chi connectivity index (χ2v) is 8.47. The van der Waals surface area contributed by atoms with Crippen LogP contribution in [0.1, 0.15) is 26.3 Å². The van der Waals surface area contributed by atoms with Crippen LogP contribution >= 0.6 is 34.4 Å². The second-order valence-electron chi connectivity index (χ2n) is 6.31. The maximum absolute atomic E-state index is 12.6. The number of esters is 1. The summed E-state index contributed by atoms with van der Waals surface area (Å²) >= 11 is 2.91. The first-order chi connectivity index (χ1) is 13.3. The molecule has 0 atom stereocenters. The average Bonchev–Trinajstić information content (AvgIpc) is 2.87. The average molecular weight is 519 g/mol. The molecule has 7 nitrogen and oxygen atoms in total. The van der Waals surface area contributed by atoms with Crippen LogP contribution in [-0.4, -0.2) is 48.9 Å². The van der Waals surface area contributed by atoms with Crippen molar-refractivity contribution in [2.45, 2.75) is 20.8 Å². The highest BCUT2D eigenvalue weighted by Crippen LogP contribution is 2.37. The number of ether oxygens (including phenoxy) is 3. The molecule has 2 rings (SSSR count). The van der Waals surface area contributed by atoms with Gasteiger partial charge in [-0.2, -0.15) is 0 Å². The molecule has 0 aromatic heterocycles. The molecule has 0 saturated carbocycles. The lowest BCUT2D eigenvalue weighted by molar-refractivity contribution is -0.147. The van der Waals surface area contributed by atoms with Gasteiger partial charge in [-0.05, 0) is 71.0 Å². The summed E-state index contributed by atoms with van der Waals surface area (Å²) in [4.78, 5) is 37.7. The Balaban J connectivity index is 2.20. The van der Waals surface area contributed by atoms with Crippen molar-refractivity contribution in [2.24, 2.45) is 5.92 Å². The van der Waals surface area contributed by atoms with E-state index in [1.54, 1.807) is 19.3 Å². The molecule has 28 heavy (non-hydrogen) atoms. The van der Waals surface area contributed by atoms with E-state index in [4.69, 9.17) is 14.2 Å². The smallest absolute Gasteiger partial charge is 0.326 e. The Morgan fingerprint density at radius 2 is 2.04 bits per heavy atom. The number of amides is 2. The zero-order valence-electron chi connectivity index (χ0n) is 16.1. The third-order valence-electron chi connectivity index (χ3n) is 3.57. The van der Waals surface area contributed by atoms with E-state index in [0.717, 1.165) is 20.2 Å².